The molecule has 21 heavy (non-hydrogen) atoms. The molecule has 2 aromatic heterocycles. The molecule has 0 fully saturated rings. The molecule has 3 rings (SSSR count). The van der Waals surface area contributed by atoms with Crippen LogP contribution in [0, 0.1) is 13.8 Å². The summed E-state index contributed by atoms with van der Waals surface area (Å²) >= 11 is 5.54. The van der Waals surface area contributed by atoms with Crippen LogP contribution in [0.3, 0.4) is 0 Å². The van der Waals surface area contributed by atoms with Gasteiger partial charge in [0.15, 0.2) is 0 Å². The Hall–Kier alpha value is -1.10. The van der Waals surface area contributed by atoms with E-state index in [0.29, 0.717) is 0 Å². The molecule has 2 heterocycles. The van der Waals surface area contributed by atoms with Crippen LogP contribution in [-0.4, -0.2) is 11.1 Å². The summed E-state index contributed by atoms with van der Waals surface area (Å²) in [7, 11) is 0. The standard InChI is InChI=1S/C17H19BrN2S/c1-12-7-10-21-16(12)11-19-8-9-20-13(2)17(18)14-5-3-4-6-15(14)20/h3-7,10,19H,8-9,11H2,1-2H3. The van der Waals surface area contributed by atoms with Gasteiger partial charge in [-0.05, 0) is 52.9 Å². The highest BCUT2D eigenvalue weighted by atomic mass is 79.9. The zero-order valence-corrected chi connectivity index (χ0v) is 14.7. The van der Waals surface area contributed by atoms with E-state index in [-0.39, 0.29) is 0 Å². The topological polar surface area (TPSA) is 17.0 Å². The maximum atomic E-state index is 3.71. The number of nitrogens with one attached hydrogen (secondary N) is 1. The van der Waals surface area contributed by atoms with Crippen LogP contribution in [0.25, 0.3) is 10.9 Å². The van der Waals surface area contributed by atoms with Crippen LogP contribution < -0.4 is 5.32 Å². The van der Waals surface area contributed by atoms with Crippen molar-refractivity contribution in [2.24, 2.45) is 0 Å². The van der Waals surface area contributed by atoms with Crippen molar-refractivity contribution in [1.82, 2.24) is 9.88 Å². The zero-order valence-electron chi connectivity index (χ0n) is 12.3. The van der Waals surface area contributed by atoms with Crippen LogP contribution in [0.1, 0.15) is 16.1 Å². The van der Waals surface area contributed by atoms with Crippen LogP contribution >= 0.6 is 27.3 Å². The lowest BCUT2D eigenvalue weighted by atomic mass is 10.2. The molecule has 1 aromatic carbocycles. The first-order valence-electron chi connectivity index (χ1n) is 7.15. The number of aromatic nitrogens is 1. The average Bonchev–Trinajstić information content (AvgIpc) is 3.00. The summed E-state index contributed by atoms with van der Waals surface area (Å²) in [4.78, 5) is 1.44. The Morgan fingerprint density at radius 1 is 1.19 bits per heavy atom. The third kappa shape index (κ3) is 2.93. The molecule has 1 N–H and O–H groups in total. The molecule has 0 spiro atoms. The SMILES string of the molecule is Cc1ccsc1CNCCn1c(C)c(Br)c2ccccc21. The number of hydrogen-bond acceptors (Lipinski definition) is 2. The minimum absolute atomic E-state index is 0.961. The van der Waals surface area contributed by atoms with Crippen molar-refractivity contribution >= 4 is 38.2 Å². The predicted molar refractivity (Wildman–Crippen MR) is 95.1 cm³/mol. The van der Waals surface area contributed by atoms with Crippen molar-refractivity contribution < 1.29 is 0 Å². The fourth-order valence-corrected chi connectivity index (χ4v) is 4.08. The van der Waals surface area contributed by atoms with Gasteiger partial charge in [-0.3, -0.25) is 0 Å². The summed E-state index contributed by atoms with van der Waals surface area (Å²) in [6, 6.07) is 10.7. The molecular formula is C17H19BrN2S. The lowest BCUT2D eigenvalue weighted by Crippen LogP contribution is -2.19. The minimum atomic E-state index is 0.961. The summed E-state index contributed by atoms with van der Waals surface area (Å²) in [6.45, 7) is 7.27. The largest absolute Gasteiger partial charge is 0.342 e. The fraction of sp³-hybridized carbons (Fsp3) is 0.294. The van der Waals surface area contributed by atoms with Gasteiger partial charge in [-0.15, -0.1) is 11.3 Å². The molecule has 0 saturated heterocycles. The number of hydrogen-bond donors (Lipinski definition) is 1. The highest BCUT2D eigenvalue weighted by molar-refractivity contribution is 9.10. The van der Waals surface area contributed by atoms with Gasteiger partial charge in [-0.25, -0.2) is 0 Å². The smallest absolute Gasteiger partial charge is 0.0494 e. The number of aryl methyl sites for hydroxylation is 1. The van der Waals surface area contributed by atoms with Crippen molar-refractivity contribution in [1.29, 1.82) is 0 Å². The van der Waals surface area contributed by atoms with E-state index in [9.17, 15) is 0 Å². The molecule has 0 aliphatic rings. The van der Waals surface area contributed by atoms with Crippen molar-refractivity contribution in [2.75, 3.05) is 6.54 Å². The van der Waals surface area contributed by atoms with Crippen molar-refractivity contribution in [3.8, 4) is 0 Å². The van der Waals surface area contributed by atoms with Crippen LogP contribution in [0.5, 0.6) is 0 Å². The van der Waals surface area contributed by atoms with Gasteiger partial charge in [0.25, 0.3) is 0 Å². The Balaban J connectivity index is 1.68. The molecule has 0 saturated carbocycles. The monoisotopic (exact) mass is 362 g/mol. The number of nitrogens with zero attached hydrogens (tertiary/aromatic N) is 1. The molecule has 4 heteroatoms. The Labute approximate surface area is 137 Å². The van der Waals surface area contributed by atoms with Gasteiger partial charge in [0.05, 0.1) is 0 Å². The van der Waals surface area contributed by atoms with Gasteiger partial charge >= 0.3 is 0 Å². The van der Waals surface area contributed by atoms with Crippen LogP contribution in [0.15, 0.2) is 40.2 Å². The van der Waals surface area contributed by atoms with E-state index in [2.05, 4.69) is 75.4 Å². The zero-order chi connectivity index (χ0) is 14.8. The fourth-order valence-electron chi connectivity index (χ4n) is 2.65. The number of thiophene rings is 1. The highest BCUT2D eigenvalue weighted by Crippen LogP contribution is 2.30. The van der Waals surface area contributed by atoms with Gasteiger partial charge in [0, 0.05) is 45.6 Å². The Bertz CT molecular complexity index is 757. The van der Waals surface area contributed by atoms with Crippen molar-refractivity contribution in [2.45, 2.75) is 26.9 Å². The molecular weight excluding hydrogens is 344 g/mol. The molecule has 3 aromatic rings. The second kappa shape index (κ2) is 6.34. The first-order chi connectivity index (χ1) is 10.2. The van der Waals surface area contributed by atoms with Crippen molar-refractivity contribution in [3.63, 3.8) is 0 Å². The summed E-state index contributed by atoms with van der Waals surface area (Å²) in [5, 5.41) is 7.01. The lowest BCUT2D eigenvalue weighted by molar-refractivity contribution is 0.603. The second-order valence-electron chi connectivity index (χ2n) is 5.27. The number of rotatable bonds is 5. The lowest BCUT2D eigenvalue weighted by Gasteiger charge is -2.09. The summed E-state index contributed by atoms with van der Waals surface area (Å²) in [6.07, 6.45) is 0. The van der Waals surface area contributed by atoms with E-state index in [1.807, 2.05) is 11.3 Å². The quantitative estimate of drug-likeness (QED) is 0.640. The van der Waals surface area contributed by atoms with Gasteiger partial charge in [-0.2, -0.15) is 0 Å². The number of para-hydroxylation sites is 1. The molecule has 0 aliphatic carbocycles. The van der Waals surface area contributed by atoms with E-state index in [4.69, 9.17) is 0 Å². The average molecular weight is 363 g/mol. The van der Waals surface area contributed by atoms with E-state index in [1.54, 1.807) is 0 Å². The number of fused-ring (bicyclic) bond motifs is 1. The third-order valence-corrected chi connectivity index (χ3v) is 5.94. The summed E-state index contributed by atoms with van der Waals surface area (Å²) in [5.74, 6) is 0. The summed E-state index contributed by atoms with van der Waals surface area (Å²) in [5.41, 5.74) is 3.99. The van der Waals surface area contributed by atoms with Crippen LogP contribution in [0.4, 0.5) is 0 Å². The summed E-state index contributed by atoms with van der Waals surface area (Å²) < 4.78 is 3.60. The van der Waals surface area contributed by atoms with E-state index >= 15 is 0 Å². The number of benzene rings is 1. The molecule has 0 unspecified atom stereocenters. The van der Waals surface area contributed by atoms with Crippen molar-refractivity contribution in [3.05, 3.63) is 56.3 Å². The first-order valence-corrected chi connectivity index (χ1v) is 8.82. The van der Waals surface area contributed by atoms with Gasteiger partial charge in [-0.1, -0.05) is 18.2 Å². The van der Waals surface area contributed by atoms with Gasteiger partial charge in [0.2, 0.25) is 0 Å². The second-order valence-corrected chi connectivity index (χ2v) is 7.07. The van der Waals surface area contributed by atoms with E-state index in [1.165, 1.54) is 31.5 Å². The molecule has 0 bridgehead atoms. The van der Waals surface area contributed by atoms with Gasteiger partial charge < -0.3 is 9.88 Å². The van der Waals surface area contributed by atoms with Crippen LogP contribution in [-0.2, 0) is 13.1 Å². The molecule has 0 amide bonds. The van der Waals surface area contributed by atoms with Crippen LogP contribution in [0.2, 0.25) is 0 Å². The molecule has 2 nitrogen and oxygen atoms in total. The predicted octanol–water partition coefficient (Wildman–Crippen LogP) is 4.87. The minimum Gasteiger partial charge on any atom is -0.342 e. The maximum Gasteiger partial charge on any atom is 0.0494 e. The van der Waals surface area contributed by atoms with Gasteiger partial charge in [0.1, 0.15) is 0 Å². The normalized spacial score (nSPS) is 11.4. The maximum absolute atomic E-state index is 3.71. The Morgan fingerprint density at radius 3 is 2.76 bits per heavy atom. The van der Waals surface area contributed by atoms with E-state index in [0.717, 1.165) is 19.6 Å². The molecule has 0 atom stereocenters. The number of halogens is 1. The molecule has 0 radical (unpaired) electrons. The Morgan fingerprint density at radius 2 is 2.00 bits per heavy atom. The highest BCUT2D eigenvalue weighted by Gasteiger charge is 2.10. The molecule has 110 valence electrons. The third-order valence-electron chi connectivity index (χ3n) is 3.92. The molecule has 0 aliphatic heterocycles. The van der Waals surface area contributed by atoms with E-state index < -0.39 is 0 Å². The Kier molecular flexibility index (Phi) is 4.48. The first kappa shape index (κ1) is 14.8.